The van der Waals surface area contributed by atoms with Crippen LogP contribution in [0.3, 0.4) is 0 Å². The Morgan fingerprint density at radius 2 is 1.79 bits per heavy atom. The van der Waals surface area contributed by atoms with E-state index in [0.717, 1.165) is 36.1 Å². The molecule has 2 unspecified atom stereocenters. The molecule has 4 aromatic rings. The Labute approximate surface area is 253 Å². The lowest BCUT2D eigenvalue weighted by atomic mass is 9.95. The third kappa shape index (κ3) is 6.25. The number of halogens is 2. The highest BCUT2D eigenvalue weighted by atomic mass is 35.5. The summed E-state index contributed by atoms with van der Waals surface area (Å²) in [6.07, 6.45) is 4.27. The van der Waals surface area contributed by atoms with E-state index in [1.165, 1.54) is 6.07 Å². The van der Waals surface area contributed by atoms with Gasteiger partial charge >= 0.3 is 0 Å². The molecule has 2 heterocycles. The van der Waals surface area contributed by atoms with E-state index in [-0.39, 0.29) is 30.1 Å². The first-order valence-corrected chi connectivity index (χ1v) is 14.4. The Balaban J connectivity index is 1.16. The summed E-state index contributed by atoms with van der Waals surface area (Å²) in [5.41, 5.74) is 5.26. The monoisotopic (exact) mass is 596 g/mol. The van der Waals surface area contributed by atoms with Gasteiger partial charge in [-0.3, -0.25) is 20.5 Å². The number of amides is 1. The van der Waals surface area contributed by atoms with Crippen LogP contribution in [0.1, 0.15) is 36.0 Å². The highest BCUT2D eigenvalue weighted by molar-refractivity contribution is 6.31. The van der Waals surface area contributed by atoms with Crippen LogP contribution in [-0.2, 0) is 11.3 Å². The number of anilines is 3. The number of aliphatic imine (C=N–C) groups is 1. The number of nitrogens with zero attached hydrogens (tertiary/aromatic N) is 3. The molecule has 11 heteroatoms. The average Bonchev–Trinajstić information content (AvgIpc) is 3.44. The van der Waals surface area contributed by atoms with E-state index in [4.69, 9.17) is 27.0 Å². The van der Waals surface area contributed by atoms with Crippen LogP contribution in [0, 0.1) is 17.1 Å². The molecule has 0 saturated heterocycles. The molecule has 0 spiro atoms. The van der Waals surface area contributed by atoms with Crippen LogP contribution in [0.25, 0.3) is 11.3 Å². The average molecular weight is 597 g/mol. The number of guanidine groups is 1. The number of aromatic nitrogens is 2. The molecule has 2 atom stereocenters. The summed E-state index contributed by atoms with van der Waals surface area (Å²) in [6.45, 7) is 0.283. The summed E-state index contributed by atoms with van der Waals surface area (Å²) < 4.78 is 14.8. The van der Waals surface area contributed by atoms with Gasteiger partial charge in [-0.2, -0.15) is 0 Å². The Kier molecular flexibility index (Phi) is 8.13. The quantitative estimate of drug-likeness (QED) is 0.140. The smallest absolute Gasteiger partial charge is 0.229 e. The molecule has 9 nitrogen and oxygen atoms in total. The molecule has 2 aliphatic rings. The number of benzene rings is 3. The predicted octanol–water partition coefficient (Wildman–Crippen LogP) is 5.88. The lowest BCUT2D eigenvalue weighted by Gasteiger charge is -2.14. The third-order valence-electron chi connectivity index (χ3n) is 7.76. The van der Waals surface area contributed by atoms with E-state index in [1.54, 1.807) is 48.7 Å². The molecule has 1 amide bonds. The van der Waals surface area contributed by atoms with Gasteiger partial charge in [-0.1, -0.05) is 29.8 Å². The SMILES string of the molecule is CNC1CCC(C(=O)NC(=N)Nc2ccc(Nc3ncc4c(n3)-c3ccc(Cl)cc3C(c3ccccc3F)=NC4)cc2)C1. The zero-order valence-corrected chi connectivity index (χ0v) is 24.2. The number of nitrogens with one attached hydrogen (secondary N) is 5. The van der Waals surface area contributed by atoms with Crippen LogP contribution in [0.2, 0.25) is 5.02 Å². The van der Waals surface area contributed by atoms with E-state index in [0.29, 0.717) is 45.2 Å². The van der Waals surface area contributed by atoms with Crippen molar-refractivity contribution >= 4 is 46.5 Å². The lowest BCUT2D eigenvalue weighted by Crippen LogP contribution is -2.38. The van der Waals surface area contributed by atoms with Crippen LogP contribution >= 0.6 is 11.6 Å². The number of rotatable bonds is 6. The second-order valence-electron chi connectivity index (χ2n) is 10.6. The van der Waals surface area contributed by atoms with Crippen molar-refractivity contribution in [1.29, 1.82) is 5.41 Å². The number of hydrogen-bond donors (Lipinski definition) is 5. The Hall–Kier alpha value is -4.67. The normalized spacial score (nSPS) is 17.2. The lowest BCUT2D eigenvalue weighted by molar-refractivity contribution is -0.123. The number of fused-ring (bicyclic) bond motifs is 3. The van der Waals surface area contributed by atoms with Gasteiger partial charge in [0.25, 0.3) is 0 Å². The molecule has 6 rings (SSSR count). The molecule has 0 bridgehead atoms. The van der Waals surface area contributed by atoms with Gasteiger partial charge in [0.05, 0.1) is 18.0 Å². The highest BCUT2D eigenvalue weighted by Crippen LogP contribution is 2.34. The fourth-order valence-corrected chi connectivity index (χ4v) is 5.69. The Morgan fingerprint density at radius 3 is 2.56 bits per heavy atom. The standard InChI is InChI=1S/C32H30ClFN8O/c1-36-23-8-6-18(14-23)30(43)42-31(35)39-21-9-11-22(12-10-21)40-32-38-17-19-16-37-29(25-4-2-3-5-27(25)34)26-15-20(33)7-13-24(26)28(19)41-32/h2-5,7,9-13,15,17-18,23,36H,6,8,14,16H2,1H3,(H,38,40,41)(H3,35,39,42,43). The number of carbonyl (C=O) groups is 1. The molecule has 3 aromatic carbocycles. The van der Waals surface area contributed by atoms with Crippen molar-refractivity contribution < 1.29 is 9.18 Å². The fraction of sp³-hybridized carbons (Fsp3) is 0.219. The molecule has 1 aromatic heterocycles. The molecule has 1 aliphatic carbocycles. The van der Waals surface area contributed by atoms with Gasteiger partial charge in [-0.15, -0.1) is 0 Å². The van der Waals surface area contributed by atoms with Crippen molar-refractivity contribution in [1.82, 2.24) is 20.6 Å². The van der Waals surface area contributed by atoms with Crippen molar-refractivity contribution in [3.63, 3.8) is 0 Å². The van der Waals surface area contributed by atoms with Crippen molar-refractivity contribution in [2.24, 2.45) is 10.9 Å². The predicted molar refractivity (Wildman–Crippen MR) is 168 cm³/mol. The molecule has 0 radical (unpaired) electrons. The largest absolute Gasteiger partial charge is 0.326 e. The summed E-state index contributed by atoms with van der Waals surface area (Å²) in [4.78, 5) is 26.6. The van der Waals surface area contributed by atoms with Crippen LogP contribution in [-0.4, -0.2) is 40.6 Å². The van der Waals surface area contributed by atoms with E-state index in [9.17, 15) is 9.18 Å². The minimum atomic E-state index is -0.362. The molecule has 1 saturated carbocycles. The first-order valence-electron chi connectivity index (χ1n) is 14.0. The first-order chi connectivity index (χ1) is 20.9. The maximum atomic E-state index is 14.8. The van der Waals surface area contributed by atoms with Crippen molar-refractivity contribution in [2.75, 3.05) is 17.7 Å². The van der Waals surface area contributed by atoms with E-state index in [1.807, 2.05) is 25.2 Å². The van der Waals surface area contributed by atoms with Crippen molar-refractivity contribution in [3.05, 3.63) is 100 Å². The van der Waals surface area contributed by atoms with Gasteiger partial charge in [0.15, 0.2) is 5.96 Å². The highest BCUT2D eigenvalue weighted by Gasteiger charge is 2.29. The second-order valence-corrected chi connectivity index (χ2v) is 11.0. The molecule has 218 valence electrons. The van der Waals surface area contributed by atoms with Gasteiger partial charge in [-0.25, -0.2) is 14.4 Å². The van der Waals surface area contributed by atoms with E-state index >= 15 is 0 Å². The summed E-state index contributed by atoms with van der Waals surface area (Å²) >= 11 is 6.36. The van der Waals surface area contributed by atoms with Gasteiger partial charge < -0.3 is 16.0 Å². The second kappa shape index (κ2) is 12.3. The Morgan fingerprint density at radius 1 is 1.00 bits per heavy atom. The van der Waals surface area contributed by atoms with Crippen molar-refractivity contribution in [2.45, 2.75) is 31.8 Å². The first kappa shape index (κ1) is 28.4. The minimum Gasteiger partial charge on any atom is -0.326 e. The summed E-state index contributed by atoms with van der Waals surface area (Å²) in [5, 5.41) is 20.7. The summed E-state index contributed by atoms with van der Waals surface area (Å²) in [5.74, 6) is -0.272. The van der Waals surface area contributed by atoms with Crippen LogP contribution in [0.5, 0.6) is 0 Å². The van der Waals surface area contributed by atoms with Crippen LogP contribution in [0.15, 0.2) is 77.9 Å². The maximum Gasteiger partial charge on any atom is 0.229 e. The molecule has 1 fully saturated rings. The maximum absolute atomic E-state index is 14.8. The Bertz CT molecular complexity index is 1730. The van der Waals surface area contributed by atoms with Gasteiger partial charge in [0.1, 0.15) is 5.82 Å². The molecular formula is C32H30ClFN8O. The van der Waals surface area contributed by atoms with Crippen LogP contribution in [0.4, 0.5) is 21.7 Å². The summed E-state index contributed by atoms with van der Waals surface area (Å²) in [7, 11) is 1.90. The number of hydrogen-bond acceptors (Lipinski definition) is 7. The number of carbonyl (C=O) groups excluding carboxylic acids is 1. The molecule has 43 heavy (non-hydrogen) atoms. The van der Waals surface area contributed by atoms with Gasteiger partial charge in [0, 0.05) is 56.8 Å². The third-order valence-corrected chi connectivity index (χ3v) is 8.00. The van der Waals surface area contributed by atoms with Gasteiger partial charge in [0.2, 0.25) is 11.9 Å². The zero-order valence-electron chi connectivity index (χ0n) is 23.4. The zero-order chi connectivity index (χ0) is 29.9. The van der Waals surface area contributed by atoms with Gasteiger partial charge in [-0.05, 0) is 74.8 Å². The fourth-order valence-electron chi connectivity index (χ4n) is 5.52. The minimum absolute atomic E-state index is 0.0663. The topological polar surface area (TPSA) is 127 Å². The molecule has 1 aliphatic heterocycles. The molecular weight excluding hydrogens is 567 g/mol. The van der Waals surface area contributed by atoms with E-state index in [2.05, 4.69) is 26.3 Å². The van der Waals surface area contributed by atoms with Crippen molar-refractivity contribution in [3.8, 4) is 11.3 Å². The van der Waals surface area contributed by atoms with Crippen LogP contribution < -0.4 is 21.3 Å². The van der Waals surface area contributed by atoms with E-state index < -0.39 is 0 Å². The summed E-state index contributed by atoms with van der Waals surface area (Å²) in [6, 6.07) is 19.6. The molecule has 5 N–H and O–H groups in total.